The third kappa shape index (κ3) is 4.62. The maximum Gasteiger partial charge on any atom is 0.0827 e. The van der Waals surface area contributed by atoms with Crippen LogP contribution in [0.3, 0.4) is 0 Å². The van der Waals surface area contributed by atoms with Crippen LogP contribution in [0.2, 0.25) is 0 Å². The summed E-state index contributed by atoms with van der Waals surface area (Å²) in [6.45, 7) is 2.35. The Balaban J connectivity index is 1.85. The number of aliphatic hydroxyl groups is 2. The molecule has 120 valence electrons. The lowest BCUT2D eigenvalue weighted by Gasteiger charge is -2.23. The molecule has 6 nitrogen and oxygen atoms in total. The van der Waals surface area contributed by atoms with Gasteiger partial charge in [0.15, 0.2) is 0 Å². The second kappa shape index (κ2) is 7.49. The van der Waals surface area contributed by atoms with Crippen LogP contribution >= 0.6 is 0 Å². The predicted molar refractivity (Wildman–Crippen MR) is 84.3 cm³/mol. The van der Waals surface area contributed by atoms with Gasteiger partial charge < -0.3 is 15.9 Å². The van der Waals surface area contributed by atoms with Crippen LogP contribution in [-0.4, -0.2) is 44.0 Å². The molecule has 0 radical (unpaired) electrons. The van der Waals surface area contributed by atoms with Crippen molar-refractivity contribution in [1.29, 1.82) is 0 Å². The summed E-state index contributed by atoms with van der Waals surface area (Å²) in [5.74, 6) is 0. The minimum Gasteiger partial charge on any atom is -0.394 e. The highest BCUT2D eigenvalue weighted by molar-refractivity contribution is 5.21. The van der Waals surface area contributed by atoms with Crippen molar-refractivity contribution in [2.24, 2.45) is 5.73 Å². The fourth-order valence-electron chi connectivity index (χ4n) is 2.15. The number of hydrogen-bond donors (Lipinski definition) is 3. The fraction of sp³-hybridized carbons (Fsp3) is 0.500. The predicted octanol–water partition coefficient (Wildman–Crippen LogP) is 0.444. The first kappa shape index (κ1) is 16.6. The SMILES string of the molecule is Cc1ccc(CCn2cc(CCC(N)(CO)CO)nn2)cc1. The molecule has 0 fully saturated rings. The van der Waals surface area contributed by atoms with Crippen LogP contribution in [0.4, 0.5) is 0 Å². The molecule has 0 saturated heterocycles. The van der Waals surface area contributed by atoms with Gasteiger partial charge in [-0.2, -0.15) is 0 Å². The molecule has 0 aliphatic heterocycles. The Morgan fingerprint density at radius 2 is 1.82 bits per heavy atom. The summed E-state index contributed by atoms with van der Waals surface area (Å²) in [7, 11) is 0. The van der Waals surface area contributed by atoms with E-state index < -0.39 is 5.54 Å². The van der Waals surface area contributed by atoms with Crippen LogP contribution in [0.15, 0.2) is 30.5 Å². The number of nitrogens with two attached hydrogens (primary N) is 1. The van der Waals surface area contributed by atoms with Crippen molar-refractivity contribution in [3.05, 3.63) is 47.3 Å². The molecule has 0 amide bonds. The molecule has 4 N–H and O–H groups in total. The Labute approximate surface area is 130 Å². The van der Waals surface area contributed by atoms with Crippen molar-refractivity contribution in [2.75, 3.05) is 13.2 Å². The van der Waals surface area contributed by atoms with Gasteiger partial charge in [0.05, 0.1) is 24.4 Å². The van der Waals surface area contributed by atoms with Gasteiger partial charge in [-0.05, 0) is 31.7 Å². The number of hydrogen-bond acceptors (Lipinski definition) is 5. The lowest BCUT2D eigenvalue weighted by atomic mass is 9.96. The summed E-state index contributed by atoms with van der Waals surface area (Å²) < 4.78 is 1.81. The largest absolute Gasteiger partial charge is 0.394 e. The Morgan fingerprint density at radius 3 is 2.45 bits per heavy atom. The van der Waals surface area contributed by atoms with Gasteiger partial charge in [-0.1, -0.05) is 35.0 Å². The van der Waals surface area contributed by atoms with Gasteiger partial charge in [-0.25, -0.2) is 0 Å². The van der Waals surface area contributed by atoms with Crippen LogP contribution in [0.5, 0.6) is 0 Å². The van der Waals surface area contributed by atoms with Gasteiger partial charge >= 0.3 is 0 Å². The molecule has 0 aliphatic carbocycles. The van der Waals surface area contributed by atoms with Crippen LogP contribution in [0.1, 0.15) is 23.2 Å². The maximum absolute atomic E-state index is 9.17. The third-order valence-electron chi connectivity index (χ3n) is 3.85. The molecule has 22 heavy (non-hydrogen) atoms. The van der Waals surface area contributed by atoms with Gasteiger partial charge in [-0.15, -0.1) is 5.10 Å². The van der Waals surface area contributed by atoms with Crippen molar-refractivity contribution in [3.8, 4) is 0 Å². The van der Waals surface area contributed by atoms with Crippen molar-refractivity contribution in [3.63, 3.8) is 0 Å². The lowest BCUT2D eigenvalue weighted by Crippen LogP contribution is -2.47. The Hall–Kier alpha value is -1.76. The smallest absolute Gasteiger partial charge is 0.0827 e. The Morgan fingerprint density at radius 1 is 1.14 bits per heavy atom. The summed E-state index contributed by atoms with van der Waals surface area (Å²) in [6, 6.07) is 8.45. The molecule has 0 bridgehead atoms. The van der Waals surface area contributed by atoms with E-state index in [9.17, 15) is 10.2 Å². The van der Waals surface area contributed by atoms with Crippen molar-refractivity contribution < 1.29 is 10.2 Å². The number of nitrogens with zero attached hydrogens (tertiary/aromatic N) is 3. The molecule has 1 heterocycles. The first-order valence-corrected chi connectivity index (χ1v) is 7.50. The molecule has 1 aromatic carbocycles. The summed E-state index contributed by atoms with van der Waals surface area (Å²) in [5.41, 5.74) is 8.23. The zero-order chi connectivity index (χ0) is 16.0. The van der Waals surface area contributed by atoms with Gasteiger partial charge in [0, 0.05) is 12.7 Å². The van der Waals surface area contributed by atoms with Gasteiger partial charge in [0.25, 0.3) is 0 Å². The van der Waals surface area contributed by atoms with Crippen molar-refractivity contribution in [2.45, 2.75) is 38.3 Å². The normalized spacial score (nSPS) is 11.8. The molecular formula is C16H24N4O2. The second-order valence-corrected chi connectivity index (χ2v) is 5.89. The molecular weight excluding hydrogens is 280 g/mol. The molecule has 6 heteroatoms. The van der Waals surface area contributed by atoms with E-state index in [0.717, 1.165) is 18.7 Å². The summed E-state index contributed by atoms with van der Waals surface area (Å²) in [5, 5.41) is 26.6. The van der Waals surface area contributed by atoms with Crippen molar-refractivity contribution in [1.82, 2.24) is 15.0 Å². The van der Waals surface area contributed by atoms with E-state index in [2.05, 4.69) is 41.5 Å². The standard InChI is InChI=1S/C16H24N4O2/c1-13-2-4-14(5-3-13)7-9-20-10-15(18-19-20)6-8-16(17,11-21)12-22/h2-5,10,21-22H,6-9,11-12,17H2,1H3. The van der Waals surface area contributed by atoms with E-state index in [4.69, 9.17) is 5.73 Å². The Bertz CT molecular complexity index is 576. The number of aromatic nitrogens is 3. The monoisotopic (exact) mass is 304 g/mol. The average molecular weight is 304 g/mol. The average Bonchev–Trinajstić information content (AvgIpc) is 3.00. The highest BCUT2D eigenvalue weighted by atomic mass is 16.3. The first-order valence-electron chi connectivity index (χ1n) is 7.50. The quantitative estimate of drug-likeness (QED) is 0.657. The van der Waals surface area contributed by atoms with E-state index in [1.165, 1.54) is 11.1 Å². The zero-order valence-electron chi connectivity index (χ0n) is 12.9. The zero-order valence-corrected chi connectivity index (χ0v) is 12.9. The molecule has 2 rings (SSSR count). The van der Waals surface area contributed by atoms with E-state index in [-0.39, 0.29) is 13.2 Å². The summed E-state index contributed by atoms with van der Waals surface area (Å²) in [4.78, 5) is 0. The number of rotatable bonds is 8. The highest BCUT2D eigenvalue weighted by Crippen LogP contribution is 2.10. The maximum atomic E-state index is 9.17. The van der Waals surface area contributed by atoms with Gasteiger partial charge in [-0.3, -0.25) is 4.68 Å². The number of benzene rings is 1. The summed E-state index contributed by atoms with van der Waals surface area (Å²) in [6.07, 6.45) is 3.85. The van der Waals surface area contributed by atoms with E-state index >= 15 is 0 Å². The highest BCUT2D eigenvalue weighted by Gasteiger charge is 2.23. The number of aryl methyl sites for hydroxylation is 4. The molecule has 0 atom stereocenters. The minimum atomic E-state index is -0.953. The fourth-order valence-corrected chi connectivity index (χ4v) is 2.15. The molecule has 0 spiro atoms. The molecule has 0 saturated carbocycles. The lowest BCUT2D eigenvalue weighted by molar-refractivity contribution is 0.114. The van der Waals surface area contributed by atoms with Gasteiger partial charge in [0.1, 0.15) is 0 Å². The van der Waals surface area contributed by atoms with Gasteiger partial charge in [0.2, 0.25) is 0 Å². The van der Waals surface area contributed by atoms with E-state index in [1.54, 1.807) is 0 Å². The summed E-state index contributed by atoms with van der Waals surface area (Å²) >= 11 is 0. The number of aliphatic hydroxyl groups excluding tert-OH is 2. The van der Waals surface area contributed by atoms with Crippen molar-refractivity contribution >= 4 is 0 Å². The Kier molecular flexibility index (Phi) is 5.65. The van der Waals surface area contributed by atoms with E-state index in [0.29, 0.717) is 12.8 Å². The molecule has 2 aromatic rings. The topological polar surface area (TPSA) is 97.2 Å². The van der Waals surface area contributed by atoms with Crippen LogP contribution in [-0.2, 0) is 19.4 Å². The molecule has 0 aliphatic rings. The first-order chi connectivity index (χ1) is 10.5. The van der Waals surface area contributed by atoms with Crippen LogP contribution in [0.25, 0.3) is 0 Å². The van der Waals surface area contributed by atoms with E-state index in [1.807, 2.05) is 10.9 Å². The minimum absolute atomic E-state index is 0.245. The van der Waals surface area contributed by atoms with Crippen LogP contribution < -0.4 is 5.73 Å². The third-order valence-corrected chi connectivity index (χ3v) is 3.85. The van der Waals surface area contributed by atoms with Crippen LogP contribution in [0, 0.1) is 6.92 Å². The molecule has 1 aromatic heterocycles. The molecule has 0 unspecified atom stereocenters. The second-order valence-electron chi connectivity index (χ2n) is 5.89.